The van der Waals surface area contributed by atoms with Crippen molar-refractivity contribution < 1.29 is 23.5 Å². The first-order valence-corrected chi connectivity index (χ1v) is 9.20. The molecule has 0 unspecified atom stereocenters. The molecule has 0 bridgehead atoms. The third-order valence-electron chi connectivity index (χ3n) is 3.98. The third kappa shape index (κ3) is 4.46. The summed E-state index contributed by atoms with van der Waals surface area (Å²) in [6, 6.07) is 12.0. The van der Waals surface area contributed by atoms with Crippen LogP contribution >= 0.6 is 11.8 Å². The quantitative estimate of drug-likeness (QED) is 0.770. The van der Waals surface area contributed by atoms with E-state index in [0.717, 1.165) is 16.7 Å². The monoisotopic (exact) mass is 388 g/mol. The zero-order valence-corrected chi connectivity index (χ0v) is 15.3. The number of anilines is 2. The lowest BCUT2D eigenvalue weighted by Crippen LogP contribution is -2.31. The molecule has 1 saturated heterocycles. The fourth-order valence-corrected chi connectivity index (χ4v) is 3.58. The van der Waals surface area contributed by atoms with Crippen molar-refractivity contribution >= 4 is 40.9 Å². The van der Waals surface area contributed by atoms with E-state index in [-0.39, 0.29) is 29.9 Å². The van der Waals surface area contributed by atoms with Crippen LogP contribution in [-0.2, 0) is 14.4 Å². The summed E-state index contributed by atoms with van der Waals surface area (Å²) in [6.45, 7) is 0. The molecule has 0 aliphatic carbocycles. The smallest absolute Gasteiger partial charge is 0.247 e. The Hall–Kier alpha value is -2.87. The van der Waals surface area contributed by atoms with Gasteiger partial charge in [0.15, 0.2) is 0 Å². The number of carbonyl (C=O) groups excluding carboxylic acids is 3. The van der Waals surface area contributed by atoms with Crippen molar-refractivity contribution in [3.8, 4) is 5.75 Å². The van der Waals surface area contributed by atoms with E-state index < -0.39 is 11.1 Å². The molecule has 2 aromatic carbocycles. The van der Waals surface area contributed by atoms with Crippen molar-refractivity contribution in [2.24, 2.45) is 0 Å². The molecule has 1 atom stereocenters. The summed E-state index contributed by atoms with van der Waals surface area (Å²) in [5, 5.41) is 2.01. The Morgan fingerprint density at radius 1 is 1.19 bits per heavy atom. The van der Waals surface area contributed by atoms with E-state index in [1.54, 1.807) is 24.3 Å². The number of methoxy groups -OCH3 is 1. The van der Waals surface area contributed by atoms with Crippen LogP contribution in [0.5, 0.6) is 5.75 Å². The van der Waals surface area contributed by atoms with Gasteiger partial charge in [-0.1, -0.05) is 0 Å². The second-order valence-electron chi connectivity index (χ2n) is 5.82. The van der Waals surface area contributed by atoms with Crippen LogP contribution in [0.1, 0.15) is 6.42 Å². The number of halogens is 1. The molecule has 8 heteroatoms. The van der Waals surface area contributed by atoms with Crippen LogP contribution in [0.15, 0.2) is 48.5 Å². The number of nitrogens with one attached hydrogen (secondary N) is 1. The first-order valence-electron chi connectivity index (χ1n) is 8.16. The number of ether oxygens (including phenoxy) is 1. The number of rotatable bonds is 6. The van der Waals surface area contributed by atoms with Crippen LogP contribution in [-0.4, -0.2) is 35.8 Å². The molecule has 0 radical (unpaired) electrons. The molecule has 140 valence electrons. The van der Waals surface area contributed by atoms with Crippen LogP contribution in [0.4, 0.5) is 15.8 Å². The van der Waals surface area contributed by atoms with Gasteiger partial charge in [-0.25, -0.2) is 9.29 Å². The number of carbonyl (C=O) groups is 3. The first kappa shape index (κ1) is 18.9. The number of hydrogen-bond donors (Lipinski definition) is 1. The Labute approximate surface area is 159 Å². The molecule has 1 heterocycles. The molecule has 0 saturated carbocycles. The minimum Gasteiger partial charge on any atom is -0.497 e. The highest BCUT2D eigenvalue weighted by Gasteiger charge is 2.40. The number of amides is 3. The van der Waals surface area contributed by atoms with Gasteiger partial charge in [0.05, 0.1) is 23.8 Å². The normalized spacial score (nSPS) is 16.5. The summed E-state index contributed by atoms with van der Waals surface area (Å²) in [5.74, 6) is -0.726. The highest BCUT2D eigenvalue weighted by atomic mass is 32.2. The van der Waals surface area contributed by atoms with E-state index >= 15 is 0 Å². The van der Waals surface area contributed by atoms with Crippen molar-refractivity contribution in [2.75, 3.05) is 23.1 Å². The molecule has 6 nitrogen and oxygen atoms in total. The third-order valence-corrected chi connectivity index (χ3v) is 5.18. The van der Waals surface area contributed by atoms with Crippen LogP contribution in [0, 0.1) is 5.82 Å². The fraction of sp³-hybridized carbons (Fsp3) is 0.211. The molecule has 3 rings (SSSR count). The van der Waals surface area contributed by atoms with Gasteiger partial charge in [0, 0.05) is 12.1 Å². The molecular weight excluding hydrogens is 371 g/mol. The topological polar surface area (TPSA) is 75.7 Å². The number of thioether (sulfide) groups is 1. The van der Waals surface area contributed by atoms with Crippen molar-refractivity contribution in [1.82, 2.24) is 0 Å². The molecule has 2 aromatic rings. The largest absolute Gasteiger partial charge is 0.497 e. The predicted molar refractivity (Wildman–Crippen MR) is 101 cm³/mol. The van der Waals surface area contributed by atoms with Gasteiger partial charge in [-0.3, -0.25) is 14.4 Å². The lowest BCUT2D eigenvalue weighted by Gasteiger charge is -2.15. The molecular formula is C19H17FN2O4S. The van der Waals surface area contributed by atoms with E-state index in [4.69, 9.17) is 4.74 Å². The maximum atomic E-state index is 12.9. The number of imide groups is 1. The van der Waals surface area contributed by atoms with E-state index in [1.807, 2.05) is 0 Å². The van der Waals surface area contributed by atoms with Crippen LogP contribution in [0.3, 0.4) is 0 Å². The zero-order chi connectivity index (χ0) is 19.4. The Morgan fingerprint density at radius 2 is 1.85 bits per heavy atom. The van der Waals surface area contributed by atoms with E-state index in [1.165, 1.54) is 31.4 Å². The summed E-state index contributed by atoms with van der Waals surface area (Å²) < 4.78 is 17.9. The van der Waals surface area contributed by atoms with Crippen molar-refractivity contribution in [3.05, 3.63) is 54.3 Å². The summed E-state index contributed by atoms with van der Waals surface area (Å²) in [4.78, 5) is 37.9. The van der Waals surface area contributed by atoms with Gasteiger partial charge >= 0.3 is 0 Å². The van der Waals surface area contributed by atoms with E-state index in [0.29, 0.717) is 17.1 Å². The molecule has 1 fully saturated rings. The maximum absolute atomic E-state index is 12.9. The number of nitrogens with zero attached hydrogens (tertiary/aromatic N) is 1. The van der Waals surface area contributed by atoms with Crippen LogP contribution in [0.25, 0.3) is 0 Å². The SMILES string of the molecule is COc1ccc(N2C(=O)C[C@@H](SCC(=O)Nc3ccc(F)cc3)C2=O)cc1. The summed E-state index contributed by atoms with van der Waals surface area (Å²) >= 11 is 1.11. The van der Waals surface area contributed by atoms with Crippen LogP contribution < -0.4 is 15.0 Å². The van der Waals surface area contributed by atoms with Gasteiger partial charge in [0.2, 0.25) is 17.7 Å². The second kappa shape index (κ2) is 8.22. The van der Waals surface area contributed by atoms with Crippen LogP contribution in [0.2, 0.25) is 0 Å². The van der Waals surface area contributed by atoms with Gasteiger partial charge in [-0.2, -0.15) is 0 Å². The minimum atomic E-state index is -0.612. The molecule has 1 aliphatic rings. The lowest BCUT2D eigenvalue weighted by molar-refractivity contribution is -0.121. The maximum Gasteiger partial charge on any atom is 0.247 e. The molecule has 0 aromatic heterocycles. The Kier molecular flexibility index (Phi) is 5.75. The summed E-state index contributed by atoms with van der Waals surface area (Å²) in [7, 11) is 1.53. The van der Waals surface area contributed by atoms with Crippen molar-refractivity contribution in [1.29, 1.82) is 0 Å². The highest BCUT2D eigenvalue weighted by Crippen LogP contribution is 2.30. The Balaban J connectivity index is 1.57. The molecule has 0 spiro atoms. The van der Waals surface area contributed by atoms with Crippen molar-refractivity contribution in [2.45, 2.75) is 11.7 Å². The van der Waals surface area contributed by atoms with Gasteiger partial charge in [0.25, 0.3) is 0 Å². The highest BCUT2D eigenvalue weighted by molar-refractivity contribution is 8.01. The van der Waals surface area contributed by atoms with Gasteiger partial charge < -0.3 is 10.1 Å². The second-order valence-corrected chi connectivity index (χ2v) is 7.02. The zero-order valence-electron chi connectivity index (χ0n) is 14.5. The summed E-state index contributed by atoms with van der Waals surface area (Å²) in [6.07, 6.45) is 0.0410. The molecule has 1 aliphatic heterocycles. The Bertz CT molecular complexity index is 855. The summed E-state index contributed by atoms with van der Waals surface area (Å²) in [5.41, 5.74) is 0.945. The molecule has 1 N–H and O–H groups in total. The van der Waals surface area contributed by atoms with Gasteiger partial charge in [-0.05, 0) is 48.5 Å². The predicted octanol–water partition coefficient (Wildman–Crippen LogP) is 2.84. The standard InChI is InChI=1S/C19H17FN2O4S/c1-26-15-8-6-14(7-9-15)22-18(24)10-16(19(22)25)27-11-17(23)21-13-4-2-12(20)3-5-13/h2-9,16H,10-11H2,1H3,(H,21,23)/t16-/m1/s1. The Morgan fingerprint density at radius 3 is 2.48 bits per heavy atom. The minimum absolute atomic E-state index is 0.0114. The average molecular weight is 388 g/mol. The number of hydrogen-bond acceptors (Lipinski definition) is 5. The lowest BCUT2D eigenvalue weighted by atomic mass is 10.3. The van der Waals surface area contributed by atoms with Crippen molar-refractivity contribution in [3.63, 3.8) is 0 Å². The average Bonchev–Trinajstić information content (AvgIpc) is 2.95. The van der Waals surface area contributed by atoms with Gasteiger partial charge in [-0.15, -0.1) is 11.8 Å². The van der Waals surface area contributed by atoms with E-state index in [2.05, 4.69) is 5.32 Å². The van der Waals surface area contributed by atoms with Gasteiger partial charge in [0.1, 0.15) is 11.6 Å². The first-order chi connectivity index (χ1) is 13.0. The van der Waals surface area contributed by atoms with E-state index in [9.17, 15) is 18.8 Å². The molecule has 27 heavy (non-hydrogen) atoms. The fourth-order valence-electron chi connectivity index (χ4n) is 2.64. The molecule has 3 amide bonds. The number of benzene rings is 2.